The number of halogens is 2. The van der Waals surface area contributed by atoms with E-state index in [1.54, 1.807) is 0 Å². The van der Waals surface area contributed by atoms with Crippen molar-refractivity contribution in [3.8, 4) is 0 Å². The van der Waals surface area contributed by atoms with Crippen LogP contribution >= 0.6 is 0 Å². The van der Waals surface area contributed by atoms with Gasteiger partial charge in [0.2, 0.25) is 0 Å². The molecule has 6 atom stereocenters. The van der Waals surface area contributed by atoms with Crippen molar-refractivity contribution < 1.29 is 15.7 Å². The summed E-state index contributed by atoms with van der Waals surface area (Å²) in [5.41, 5.74) is 0. The molecule has 0 aromatic rings. The lowest BCUT2D eigenvalue weighted by atomic mass is 9.72. The molecule has 0 heterocycles. The Balaban J connectivity index is 0. The maximum atomic E-state index is 14.1. The van der Waals surface area contributed by atoms with Gasteiger partial charge in [-0.3, -0.25) is 0 Å². The van der Waals surface area contributed by atoms with Crippen LogP contribution in [0.1, 0.15) is 74.1 Å². The highest BCUT2D eigenvalue weighted by Crippen LogP contribution is 2.42. The van der Waals surface area contributed by atoms with Gasteiger partial charge in [-0.2, -0.15) is 0 Å². The highest BCUT2D eigenvalue weighted by Gasteiger charge is 2.41. The molecule has 0 aliphatic heterocycles. The van der Waals surface area contributed by atoms with Gasteiger partial charge >= 0.3 is 0 Å². The van der Waals surface area contributed by atoms with Gasteiger partial charge in [-0.05, 0) is 42.9 Å². The molecule has 0 amide bonds. The molecule has 2 aliphatic rings. The first-order chi connectivity index (χ1) is 9.09. The Hall–Kier alpha value is -0.180. The quantitative estimate of drug-likeness (QED) is 0.582. The molecule has 124 valence electrons. The van der Waals surface area contributed by atoms with E-state index < -0.39 is 12.3 Å². The van der Waals surface area contributed by atoms with E-state index in [-0.39, 0.29) is 18.7 Å². The van der Waals surface area contributed by atoms with Crippen molar-refractivity contribution >= 4 is 0 Å². The Kier molecular flexibility index (Phi) is 9.61. The summed E-state index contributed by atoms with van der Waals surface area (Å²) in [6.45, 7) is 8.14. The molecule has 0 spiro atoms. The molecule has 2 saturated carbocycles. The number of hydrogen-bond acceptors (Lipinski definition) is 0. The molecule has 6 unspecified atom stereocenters. The second-order valence-corrected chi connectivity index (χ2v) is 6.48. The average Bonchev–Trinajstić information content (AvgIpc) is 2.64. The van der Waals surface area contributed by atoms with Crippen LogP contribution in [-0.2, 0) is 0 Å². The van der Waals surface area contributed by atoms with E-state index in [9.17, 15) is 8.78 Å². The van der Waals surface area contributed by atoms with Crippen molar-refractivity contribution in [3.63, 3.8) is 0 Å². The Morgan fingerprint density at radius 3 is 2.10 bits per heavy atom. The van der Waals surface area contributed by atoms with Gasteiger partial charge in [0.25, 0.3) is 0 Å². The predicted molar refractivity (Wildman–Crippen MR) is 84.5 cm³/mol. The second-order valence-electron chi connectivity index (χ2n) is 6.48. The van der Waals surface area contributed by atoms with Gasteiger partial charge < -0.3 is 5.48 Å². The maximum absolute atomic E-state index is 14.1. The molecule has 0 aromatic carbocycles. The zero-order valence-electron chi connectivity index (χ0n) is 13.7. The summed E-state index contributed by atoms with van der Waals surface area (Å²) in [6.07, 6.45) is 5.30. The summed E-state index contributed by atoms with van der Waals surface area (Å²) in [7, 11) is 0. The summed E-state index contributed by atoms with van der Waals surface area (Å²) in [4.78, 5) is 0. The standard InChI is InChI=1S/C15H26F2.C2H6.H2O.H2/c1-10-4-3-5-12(8-6-10)13-9-7-11(2)14(16)15(13)17;1-2;;/h10-15H,3-9H2,1-2H3;1-2H3;1H2;1H. The van der Waals surface area contributed by atoms with Crippen LogP contribution < -0.4 is 0 Å². The molecular formula is C17H36F2O. The lowest BCUT2D eigenvalue weighted by Crippen LogP contribution is -2.40. The van der Waals surface area contributed by atoms with E-state index in [2.05, 4.69) is 6.92 Å². The summed E-state index contributed by atoms with van der Waals surface area (Å²) >= 11 is 0. The zero-order valence-corrected chi connectivity index (χ0v) is 13.7. The maximum Gasteiger partial charge on any atom is 0.134 e. The summed E-state index contributed by atoms with van der Waals surface area (Å²) < 4.78 is 27.9. The van der Waals surface area contributed by atoms with Crippen LogP contribution in [0.15, 0.2) is 0 Å². The Morgan fingerprint density at radius 1 is 0.800 bits per heavy atom. The smallest absolute Gasteiger partial charge is 0.134 e. The van der Waals surface area contributed by atoms with Gasteiger partial charge in [0.05, 0.1) is 0 Å². The lowest BCUT2D eigenvalue weighted by Gasteiger charge is -2.37. The number of hydrogen-bond donors (Lipinski definition) is 0. The molecule has 0 saturated heterocycles. The highest BCUT2D eigenvalue weighted by molar-refractivity contribution is 4.90. The van der Waals surface area contributed by atoms with E-state index in [0.29, 0.717) is 5.92 Å². The molecule has 1 nitrogen and oxygen atoms in total. The van der Waals surface area contributed by atoms with Gasteiger partial charge in [0.1, 0.15) is 12.3 Å². The molecule has 2 N–H and O–H groups in total. The minimum Gasteiger partial charge on any atom is -0.412 e. The van der Waals surface area contributed by atoms with Crippen LogP contribution in [0.4, 0.5) is 8.78 Å². The minimum absolute atomic E-state index is 0. The lowest BCUT2D eigenvalue weighted by molar-refractivity contribution is 0.00139. The molecule has 0 radical (unpaired) electrons. The largest absolute Gasteiger partial charge is 0.412 e. The third-order valence-corrected chi connectivity index (χ3v) is 5.12. The van der Waals surface area contributed by atoms with E-state index in [4.69, 9.17) is 0 Å². The summed E-state index contributed by atoms with van der Waals surface area (Å²) in [6, 6.07) is 0. The van der Waals surface area contributed by atoms with Gasteiger partial charge in [-0.25, -0.2) is 8.78 Å². The minimum atomic E-state index is -1.21. The van der Waals surface area contributed by atoms with Crippen molar-refractivity contribution in [1.82, 2.24) is 0 Å². The third-order valence-electron chi connectivity index (χ3n) is 5.12. The van der Waals surface area contributed by atoms with Crippen molar-refractivity contribution in [2.75, 3.05) is 0 Å². The van der Waals surface area contributed by atoms with Crippen LogP contribution in [0.25, 0.3) is 0 Å². The van der Waals surface area contributed by atoms with Crippen molar-refractivity contribution in [2.45, 2.75) is 85.0 Å². The third kappa shape index (κ3) is 4.98. The zero-order chi connectivity index (χ0) is 14.4. The number of rotatable bonds is 1. The topological polar surface area (TPSA) is 31.5 Å². The van der Waals surface area contributed by atoms with Crippen LogP contribution in [-0.4, -0.2) is 17.8 Å². The molecule has 20 heavy (non-hydrogen) atoms. The van der Waals surface area contributed by atoms with Gasteiger partial charge in [-0.1, -0.05) is 53.4 Å². The first kappa shape index (κ1) is 19.8. The van der Waals surface area contributed by atoms with E-state index in [0.717, 1.165) is 31.6 Å². The van der Waals surface area contributed by atoms with Crippen LogP contribution in [0.5, 0.6) is 0 Å². The molecule has 3 heteroatoms. The molecule has 2 fully saturated rings. The Labute approximate surface area is 125 Å². The molecule has 2 aliphatic carbocycles. The number of alkyl halides is 2. The van der Waals surface area contributed by atoms with Gasteiger partial charge in [0.15, 0.2) is 0 Å². The molecular weight excluding hydrogens is 258 g/mol. The molecule has 0 aromatic heterocycles. The Morgan fingerprint density at radius 2 is 1.45 bits per heavy atom. The van der Waals surface area contributed by atoms with E-state index in [1.165, 1.54) is 19.3 Å². The van der Waals surface area contributed by atoms with Crippen molar-refractivity contribution in [1.29, 1.82) is 0 Å². The van der Waals surface area contributed by atoms with E-state index in [1.807, 2.05) is 20.8 Å². The first-order valence-electron chi connectivity index (χ1n) is 8.37. The fourth-order valence-corrected chi connectivity index (χ4v) is 3.76. The highest BCUT2D eigenvalue weighted by atomic mass is 19.2. The second kappa shape index (κ2) is 9.70. The normalized spacial score (nSPS) is 41.7. The molecule has 0 bridgehead atoms. The SMILES string of the molecule is CC.CC1CCCC(C2CCC(C)C(F)C2F)CC1.O.[HH]. The van der Waals surface area contributed by atoms with Crippen molar-refractivity contribution in [2.24, 2.45) is 23.7 Å². The predicted octanol–water partition coefficient (Wildman–Crippen LogP) is 5.37. The van der Waals surface area contributed by atoms with Gasteiger partial charge in [0, 0.05) is 1.43 Å². The van der Waals surface area contributed by atoms with Crippen LogP contribution in [0, 0.1) is 23.7 Å². The van der Waals surface area contributed by atoms with Crippen molar-refractivity contribution in [3.05, 3.63) is 0 Å². The van der Waals surface area contributed by atoms with Gasteiger partial charge in [-0.15, -0.1) is 0 Å². The van der Waals surface area contributed by atoms with E-state index >= 15 is 0 Å². The summed E-state index contributed by atoms with van der Waals surface area (Å²) in [5.74, 6) is 1.15. The van der Waals surface area contributed by atoms with Crippen LogP contribution in [0.3, 0.4) is 0 Å². The monoisotopic (exact) mass is 294 g/mol. The fraction of sp³-hybridized carbons (Fsp3) is 1.00. The Bertz CT molecular complexity index is 253. The summed E-state index contributed by atoms with van der Waals surface area (Å²) in [5, 5.41) is 0. The van der Waals surface area contributed by atoms with Crippen LogP contribution in [0.2, 0.25) is 0 Å². The molecule has 2 rings (SSSR count). The first-order valence-corrected chi connectivity index (χ1v) is 8.37. The average molecular weight is 294 g/mol. The fourth-order valence-electron chi connectivity index (χ4n) is 3.76.